The minimum Gasteiger partial charge on any atom is -0.597 e. The summed E-state index contributed by atoms with van der Waals surface area (Å²) in [5, 5.41) is 1.50. The molecule has 1 aromatic carbocycles. The molecule has 1 aliphatic rings. The quantitative estimate of drug-likeness (QED) is 0.160. The molecule has 0 aromatic heterocycles. The summed E-state index contributed by atoms with van der Waals surface area (Å²) < 4.78 is 22.8. The van der Waals surface area contributed by atoms with Gasteiger partial charge in [0.15, 0.2) is 22.8 Å². The number of nitrogens with zero attached hydrogens (tertiary/aromatic N) is 1. The predicted molar refractivity (Wildman–Crippen MR) is 122 cm³/mol. The van der Waals surface area contributed by atoms with Crippen LogP contribution in [-0.4, -0.2) is 57.9 Å². The average Bonchev–Trinajstić information content (AvgIpc) is 2.72. The third kappa shape index (κ3) is 6.40. The lowest BCUT2D eigenvalue weighted by atomic mass is 9.99. The van der Waals surface area contributed by atoms with E-state index in [0.29, 0.717) is 29.9 Å². The Bertz CT molecular complexity index is 849. The fraction of sp³-hybridized carbons (Fsp3) is 0.500. The van der Waals surface area contributed by atoms with Crippen molar-refractivity contribution in [1.82, 2.24) is 10.2 Å². The summed E-state index contributed by atoms with van der Waals surface area (Å²) in [6, 6.07) is 4.81. The molecule has 0 saturated carbocycles. The maximum Gasteiger partial charge on any atom is 0.333 e. The number of ether oxygens (including phenoxy) is 2. The van der Waals surface area contributed by atoms with E-state index in [9.17, 15) is 18.9 Å². The number of hydrogen-bond donors (Lipinski definition) is 1. The number of unbranched alkanes of at least 4 members (excludes halogenated alkanes) is 1. The van der Waals surface area contributed by atoms with E-state index in [0.717, 1.165) is 11.3 Å². The molecule has 1 fully saturated rings. The topological polar surface area (TPSA) is 108 Å². The van der Waals surface area contributed by atoms with Gasteiger partial charge in [-0.25, -0.2) is 4.79 Å². The first kappa shape index (κ1) is 26.0. The second-order valence-electron chi connectivity index (χ2n) is 7.46. The molecule has 2 amide bonds. The first-order chi connectivity index (χ1) is 15.2. The lowest BCUT2D eigenvalue weighted by Crippen LogP contribution is -2.75. The Balaban J connectivity index is 2.09. The maximum absolute atomic E-state index is 12.8. The van der Waals surface area contributed by atoms with Gasteiger partial charge < -0.3 is 19.3 Å². The molecule has 8 nitrogen and oxygen atoms in total. The zero-order chi connectivity index (χ0) is 23.8. The summed E-state index contributed by atoms with van der Waals surface area (Å²) in [6.07, 6.45) is 1.51. The minimum absolute atomic E-state index is 0.00465. The van der Waals surface area contributed by atoms with E-state index in [4.69, 9.17) is 20.2 Å². The van der Waals surface area contributed by atoms with E-state index in [2.05, 4.69) is 11.9 Å². The van der Waals surface area contributed by atoms with Crippen LogP contribution >= 0.6 is 10.7 Å². The number of hydrogen-bond acceptors (Lipinski definition) is 6. The number of halogens is 1. The normalized spacial score (nSPS) is 19.5. The fourth-order valence-electron chi connectivity index (χ4n) is 3.36. The number of likely N-dealkylation sites (tertiary alicyclic amines) is 1. The SMILES string of the molecule is C=C(C)C(C(=O)OCCCC)N1C(=O)C(NC(=O)Cc2cccc(OCC)c2)C1[S+]([O-])Cl. The zero-order valence-electron chi connectivity index (χ0n) is 18.5. The molecule has 0 radical (unpaired) electrons. The molecule has 0 spiro atoms. The van der Waals surface area contributed by atoms with Gasteiger partial charge in [0.05, 0.1) is 30.0 Å². The molecular formula is C22H29ClN2O6S. The lowest BCUT2D eigenvalue weighted by Gasteiger charge is -2.47. The van der Waals surface area contributed by atoms with Crippen molar-refractivity contribution in [3.05, 3.63) is 42.0 Å². The Labute approximate surface area is 195 Å². The molecule has 10 heteroatoms. The van der Waals surface area contributed by atoms with E-state index in [-0.39, 0.29) is 13.0 Å². The van der Waals surface area contributed by atoms with Crippen LogP contribution in [0, 0.1) is 0 Å². The highest BCUT2D eigenvalue weighted by molar-refractivity contribution is 8.14. The first-order valence-electron chi connectivity index (χ1n) is 10.4. The smallest absolute Gasteiger partial charge is 0.333 e. The zero-order valence-corrected chi connectivity index (χ0v) is 20.0. The Morgan fingerprint density at radius 1 is 1.38 bits per heavy atom. The molecule has 1 saturated heterocycles. The number of esters is 1. The van der Waals surface area contributed by atoms with Gasteiger partial charge in [-0.05, 0) is 43.5 Å². The van der Waals surface area contributed by atoms with Crippen LogP contribution in [0.25, 0.3) is 0 Å². The highest BCUT2D eigenvalue weighted by Crippen LogP contribution is 2.32. The van der Waals surface area contributed by atoms with Crippen molar-refractivity contribution in [3.8, 4) is 5.75 Å². The molecule has 0 bridgehead atoms. The maximum atomic E-state index is 12.8. The van der Waals surface area contributed by atoms with Gasteiger partial charge >= 0.3 is 5.97 Å². The molecule has 2 rings (SSSR count). The van der Waals surface area contributed by atoms with Crippen LogP contribution in [-0.2, 0) is 35.9 Å². The summed E-state index contributed by atoms with van der Waals surface area (Å²) in [5.41, 5.74) is 1.05. The second-order valence-corrected chi connectivity index (χ2v) is 9.35. The molecular weight excluding hydrogens is 456 g/mol. The number of carbonyl (C=O) groups is 3. The third-order valence-corrected chi connectivity index (χ3v) is 6.30. The second kappa shape index (κ2) is 12.1. The van der Waals surface area contributed by atoms with Crippen LogP contribution in [0.2, 0.25) is 0 Å². The summed E-state index contributed by atoms with van der Waals surface area (Å²) in [7, 11) is 3.80. The average molecular weight is 485 g/mol. The molecule has 4 unspecified atom stereocenters. The Morgan fingerprint density at radius 3 is 2.69 bits per heavy atom. The summed E-state index contributed by atoms with van der Waals surface area (Å²) in [4.78, 5) is 39.0. The molecule has 32 heavy (non-hydrogen) atoms. The molecule has 176 valence electrons. The van der Waals surface area contributed by atoms with E-state index in [1.807, 2.05) is 13.8 Å². The van der Waals surface area contributed by atoms with E-state index in [1.165, 1.54) is 0 Å². The highest BCUT2D eigenvalue weighted by atomic mass is 35.7. The molecule has 1 heterocycles. The fourth-order valence-corrected chi connectivity index (χ4v) is 4.73. The van der Waals surface area contributed by atoms with Gasteiger partial charge in [0, 0.05) is 0 Å². The van der Waals surface area contributed by atoms with Gasteiger partial charge in [-0.1, -0.05) is 32.1 Å². The summed E-state index contributed by atoms with van der Waals surface area (Å²) >= 11 is 0. The van der Waals surface area contributed by atoms with Gasteiger partial charge in [-0.15, -0.1) is 0 Å². The van der Waals surface area contributed by atoms with Crippen LogP contribution in [0.5, 0.6) is 5.75 Å². The molecule has 4 atom stereocenters. The van der Waals surface area contributed by atoms with Crippen LogP contribution in [0.1, 0.15) is 39.2 Å². The minimum atomic E-state index is -2.04. The van der Waals surface area contributed by atoms with E-state index in [1.54, 1.807) is 31.2 Å². The predicted octanol–water partition coefficient (Wildman–Crippen LogP) is 2.47. The standard InChI is InChI=1S/C22H29ClN2O6S/c1-5-7-11-31-22(28)19(14(3)4)25-20(27)18(21(25)32(23)29)24-17(26)13-15-9-8-10-16(12-15)30-6-2/h8-10,12,18-19,21H,3,5-7,11,13H2,1-2,4H3,(H,24,26). The molecule has 1 N–H and O–H groups in total. The van der Waals surface area contributed by atoms with Crippen molar-refractivity contribution in [2.45, 2.75) is 57.5 Å². The Kier molecular flexibility index (Phi) is 9.86. The van der Waals surface area contributed by atoms with Gasteiger partial charge in [0.2, 0.25) is 11.3 Å². The van der Waals surface area contributed by atoms with Crippen molar-refractivity contribution in [2.75, 3.05) is 13.2 Å². The van der Waals surface area contributed by atoms with Gasteiger partial charge in [-0.3, -0.25) is 14.5 Å². The van der Waals surface area contributed by atoms with Crippen LogP contribution in [0.4, 0.5) is 0 Å². The number of carbonyl (C=O) groups excluding carboxylic acids is 3. The number of amides is 2. The van der Waals surface area contributed by atoms with E-state index < -0.39 is 45.6 Å². The van der Waals surface area contributed by atoms with Gasteiger partial charge in [0.1, 0.15) is 5.75 Å². The van der Waals surface area contributed by atoms with Crippen molar-refractivity contribution < 1.29 is 28.4 Å². The Hall–Kier alpha value is -2.23. The number of nitrogens with one attached hydrogen (secondary N) is 1. The first-order valence-corrected chi connectivity index (χ1v) is 12.5. The summed E-state index contributed by atoms with van der Waals surface area (Å²) in [5.74, 6) is -1.04. The number of β-lactam (4-membered cyclic amide) rings is 1. The van der Waals surface area contributed by atoms with Gasteiger partial charge in [-0.2, -0.15) is 0 Å². The van der Waals surface area contributed by atoms with Crippen LogP contribution in [0.3, 0.4) is 0 Å². The summed E-state index contributed by atoms with van der Waals surface area (Å²) in [6.45, 7) is 9.85. The van der Waals surface area contributed by atoms with Crippen molar-refractivity contribution in [1.29, 1.82) is 0 Å². The van der Waals surface area contributed by atoms with Crippen molar-refractivity contribution in [3.63, 3.8) is 0 Å². The highest BCUT2D eigenvalue weighted by Gasteiger charge is 2.60. The number of benzene rings is 1. The van der Waals surface area contributed by atoms with Crippen molar-refractivity contribution >= 4 is 38.9 Å². The van der Waals surface area contributed by atoms with Crippen LogP contribution in [0.15, 0.2) is 36.4 Å². The monoisotopic (exact) mass is 484 g/mol. The largest absolute Gasteiger partial charge is 0.597 e. The molecule has 1 aliphatic heterocycles. The van der Waals surface area contributed by atoms with Crippen LogP contribution < -0.4 is 10.1 Å². The third-order valence-electron chi connectivity index (χ3n) is 4.87. The molecule has 0 aliphatic carbocycles. The number of rotatable bonds is 12. The molecule has 1 aromatic rings. The van der Waals surface area contributed by atoms with E-state index >= 15 is 0 Å². The van der Waals surface area contributed by atoms with Crippen molar-refractivity contribution in [2.24, 2.45) is 0 Å². The van der Waals surface area contributed by atoms with Gasteiger partial charge in [0.25, 0.3) is 5.91 Å². The Morgan fingerprint density at radius 2 is 2.09 bits per heavy atom. The lowest BCUT2D eigenvalue weighted by molar-refractivity contribution is -0.163.